The highest BCUT2D eigenvalue weighted by Crippen LogP contribution is 2.45. The van der Waals surface area contributed by atoms with Gasteiger partial charge in [0.25, 0.3) is 0 Å². The van der Waals surface area contributed by atoms with Crippen LogP contribution in [0.25, 0.3) is 0 Å². The molecular formula is C85H166O17P2. The molecule has 3 N–H and O–H groups in total. The van der Waals surface area contributed by atoms with Crippen LogP contribution < -0.4 is 0 Å². The van der Waals surface area contributed by atoms with Crippen LogP contribution >= 0.6 is 15.6 Å². The Bertz CT molecular complexity index is 1980. The van der Waals surface area contributed by atoms with Gasteiger partial charge in [-0.3, -0.25) is 37.3 Å². The van der Waals surface area contributed by atoms with Crippen LogP contribution in [-0.4, -0.2) is 96.7 Å². The largest absolute Gasteiger partial charge is 0.472 e. The Labute approximate surface area is 638 Å². The van der Waals surface area contributed by atoms with Gasteiger partial charge in [0.1, 0.15) is 19.3 Å². The molecule has 0 bridgehead atoms. The number of aliphatic hydroxyl groups excluding tert-OH is 1. The highest BCUT2D eigenvalue weighted by molar-refractivity contribution is 7.47. The summed E-state index contributed by atoms with van der Waals surface area (Å²) in [6.07, 6.45) is 70.8. The molecule has 0 aromatic carbocycles. The number of unbranched alkanes of at least 4 members (excludes halogenated alkanes) is 57. The van der Waals surface area contributed by atoms with Gasteiger partial charge in [0.15, 0.2) is 12.2 Å². The Morgan fingerprint density at radius 3 is 0.654 bits per heavy atom. The quantitative estimate of drug-likeness (QED) is 0.0222. The molecule has 0 aliphatic heterocycles. The van der Waals surface area contributed by atoms with Crippen LogP contribution in [0.1, 0.15) is 458 Å². The fourth-order valence-corrected chi connectivity index (χ4v) is 14.9. The molecule has 5 atom stereocenters. The van der Waals surface area contributed by atoms with E-state index in [0.29, 0.717) is 25.7 Å². The van der Waals surface area contributed by atoms with Crippen molar-refractivity contribution >= 4 is 39.5 Å². The fourth-order valence-electron chi connectivity index (χ4n) is 13.3. The van der Waals surface area contributed by atoms with Crippen molar-refractivity contribution in [1.29, 1.82) is 0 Å². The molecule has 104 heavy (non-hydrogen) atoms. The summed E-state index contributed by atoms with van der Waals surface area (Å²) in [5.74, 6) is -1.36. The third-order valence-electron chi connectivity index (χ3n) is 20.0. The van der Waals surface area contributed by atoms with Gasteiger partial charge in [0.05, 0.1) is 26.4 Å². The molecule has 0 fully saturated rings. The van der Waals surface area contributed by atoms with Crippen molar-refractivity contribution < 1.29 is 80.2 Å². The van der Waals surface area contributed by atoms with Gasteiger partial charge in [0, 0.05) is 25.7 Å². The number of carbonyl (C=O) groups is 4. The first-order valence-electron chi connectivity index (χ1n) is 44.1. The first kappa shape index (κ1) is 102. The number of rotatable bonds is 85. The van der Waals surface area contributed by atoms with Crippen LogP contribution in [0.3, 0.4) is 0 Å². The van der Waals surface area contributed by atoms with E-state index < -0.39 is 97.5 Å². The Hall–Kier alpha value is -1.94. The highest BCUT2D eigenvalue weighted by Gasteiger charge is 2.30. The minimum Gasteiger partial charge on any atom is -0.462 e. The maximum atomic E-state index is 13.1. The number of ether oxygens (including phenoxy) is 4. The lowest BCUT2D eigenvalue weighted by Crippen LogP contribution is -2.30. The van der Waals surface area contributed by atoms with Crippen LogP contribution in [0.2, 0.25) is 0 Å². The third kappa shape index (κ3) is 78.2. The van der Waals surface area contributed by atoms with Crippen molar-refractivity contribution in [2.75, 3.05) is 39.6 Å². The van der Waals surface area contributed by atoms with E-state index >= 15 is 0 Å². The molecule has 2 unspecified atom stereocenters. The zero-order chi connectivity index (χ0) is 76.2. The van der Waals surface area contributed by atoms with Gasteiger partial charge in [-0.15, -0.1) is 0 Å². The van der Waals surface area contributed by atoms with Crippen molar-refractivity contribution in [3.05, 3.63) is 0 Å². The lowest BCUT2D eigenvalue weighted by molar-refractivity contribution is -0.161. The number of phosphoric acid groups is 2. The van der Waals surface area contributed by atoms with E-state index in [-0.39, 0.29) is 25.7 Å². The summed E-state index contributed by atoms with van der Waals surface area (Å²) in [4.78, 5) is 73.2. The Morgan fingerprint density at radius 2 is 0.442 bits per heavy atom. The van der Waals surface area contributed by atoms with Gasteiger partial charge >= 0.3 is 39.5 Å². The monoisotopic (exact) mass is 1520 g/mol. The average Bonchev–Trinajstić information content (AvgIpc) is 0.914. The molecule has 0 spiro atoms. The smallest absolute Gasteiger partial charge is 0.462 e. The van der Waals surface area contributed by atoms with Gasteiger partial charge in [-0.1, -0.05) is 407 Å². The van der Waals surface area contributed by atoms with E-state index in [1.54, 1.807) is 0 Å². The first-order chi connectivity index (χ1) is 50.5. The average molecular weight is 1520 g/mol. The molecular weight excluding hydrogens is 1350 g/mol. The van der Waals surface area contributed by atoms with E-state index in [1.807, 2.05) is 0 Å². The second kappa shape index (κ2) is 77.8. The summed E-state index contributed by atoms with van der Waals surface area (Å²) in [6, 6.07) is 0. The van der Waals surface area contributed by atoms with E-state index in [2.05, 4.69) is 34.6 Å². The summed E-state index contributed by atoms with van der Waals surface area (Å²) in [5, 5.41) is 10.7. The predicted molar refractivity (Wildman–Crippen MR) is 428 cm³/mol. The topological polar surface area (TPSA) is 237 Å². The lowest BCUT2D eigenvalue weighted by atomic mass is 10.0. The Morgan fingerprint density at radius 1 is 0.260 bits per heavy atom. The summed E-state index contributed by atoms with van der Waals surface area (Å²) in [6.45, 7) is 7.34. The van der Waals surface area contributed by atoms with E-state index in [4.69, 9.17) is 37.0 Å². The molecule has 0 aromatic rings. The molecule has 0 aromatic heterocycles. The van der Waals surface area contributed by atoms with Crippen LogP contribution in [-0.2, 0) is 65.4 Å². The predicted octanol–water partition coefficient (Wildman–Crippen LogP) is 26.0. The molecule has 0 aliphatic carbocycles. The lowest BCUT2D eigenvalue weighted by Gasteiger charge is -2.21. The molecule has 618 valence electrons. The number of aliphatic hydroxyl groups is 1. The van der Waals surface area contributed by atoms with Gasteiger partial charge < -0.3 is 33.8 Å². The molecule has 17 nitrogen and oxygen atoms in total. The number of phosphoric ester groups is 2. The van der Waals surface area contributed by atoms with Crippen molar-refractivity contribution in [1.82, 2.24) is 0 Å². The minimum absolute atomic E-state index is 0.108. The van der Waals surface area contributed by atoms with Crippen molar-refractivity contribution in [3.8, 4) is 0 Å². The zero-order valence-corrected chi connectivity index (χ0v) is 70.0. The number of hydrogen-bond acceptors (Lipinski definition) is 15. The molecule has 0 saturated heterocycles. The maximum absolute atomic E-state index is 13.1. The SMILES string of the molecule is CCCCCCCCCCCCCCCCCCCCCCCCC(=O)O[C@H](COC(=O)CCCCCCCCCCCCCCCCCC)COP(=O)(O)OC[C@@H](O)COP(=O)(O)OC[C@@H](COC(=O)CCCCCCCCCCCC(C)C)OC(=O)CCCCCCCCCCCCCCCC. The van der Waals surface area contributed by atoms with Gasteiger partial charge in [-0.05, 0) is 31.6 Å². The highest BCUT2D eigenvalue weighted by atomic mass is 31.2. The third-order valence-corrected chi connectivity index (χ3v) is 21.9. The Kier molecular flexibility index (Phi) is 76.3. The zero-order valence-electron chi connectivity index (χ0n) is 68.2. The first-order valence-corrected chi connectivity index (χ1v) is 47.1. The minimum atomic E-state index is -4.96. The van der Waals surface area contributed by atoms with Crippen LogP contribution in [0, 0.1) is 5.92 Å². The van der Waals surface area contributed by atoms with Crippen LogP contribution in [0.15, 0.2) is 0 Å². The van der Waals surface area contributed by atoms with E-state index in [9.17, 15) is 43.2 Å². The second-order valence-electron chi connectivity index (χ2n) is 31.1. The van der Waals surface area contributed by atoms with Crippen molar-refractivity contribution in [2.24, 2.45) is 5.92 Å². The summed E-state index contributed by atoms with van der Waals surface area (Å²) < 4.78 is 68.9. The molecule has 0 saturated carbocycles. The second-order valence-corrected chi connectivity index (χ2v) is 34.0. The molecule has 0 amide bonds. The van der Waals surface area contributed by atoms with Crippen LogP contribution in [0.5, 0.6) is 0 Å². The standard InChI is InChI=1S/C85H166O17P2/c1-6-9-12-15-18-21-24-27-30-32-33-34-35-36-37-39-42-45-50-56-61-66-71-85(90)101-80(74-95-82(87)68-63-58-53-48-43-41-38-31-28-25-22-19-16-13-10-7-2)76-99-103(91,92)97-72-79(86)73-98-104(93,94)100-77-81(75-96-83(88)69-64-59-54-51-46-47-52-57-62-67-78(4)5)102-84(89)70-65-60-55-49-44-40-29-26-23-20-17-14-11-8-3/h78-81,86H,6-77H2,1-5H3,(H,91,92)(H,93,94)/t79-,80-,81-/m1/s1. The van der Waals surface area contributed by atoms with Gasteiger partial charge in [-0.25, -0.2) is 9.13 Å². The molecule has 0 heterocycles. The fraction of sp³-hybridized carbons (Fsp3) is 0.953. The number of hydrogen-bond donors (Lipinski definition) is 3. The van der Waals surface area contributed by atoms with Gasteiger partial charge in [0.2, 0.25) is 0 Å². The summed E-state index contributed by atoms with van der Waals surface area (Å²) in [7, 11) is -9.92. The summed E-state index contributed by atoms with van der Waals surface area (Å²) in [5.41, 5.74) is 0. The number of esters is 4. The molecule has 0 rings (SSSR count). The maximum Gasteiger partial charge on any atom is 0.472 e. The summed E-state index contributed by atoms with van der Waals surface area (Å²) >= 11 is 0. The molecule has 0 aliphatic rings. The van der Waals surface area contributed by atoms with E-state index in [0.717, 1.165) is 95.8 Å². The van der Waals surface area contributed by atoms with Crippen molar-refractivity contribution in [3.63, 3.8) is 0 Å². The van der Waals surface area contributed by atoms with Crippen molar-refractivity contribution in [2.45, 2.75) is 477 Å². The Balaban J connectivity index is 5.23. The number of carbonyl (C=O) groups excluding carboxylic acids is 4. The normalized spacial score (nSPS) is 13.8. The van der Waals surface area contributed by atoms with Gasteiger partial charge in [-0.2, -0.15) is 0 Å². The van der Waals surface area contributed by atoms with Crippen LogP contribution in [0.4, 0.5) is 0 Å². The van der Waals surface area contributed by atoms with E-state index in [1.165, 1.54) is 283 Å². The molecule has 0 radical (unpaired) electrons. The molecule has 19 heteroatoms.